The third kappa shape index (κ3) is 2.55. The van der Waals surface area contributed by atoms with E-state index in [4.69, 9.17) is 5.11 Å². The van der Waals surface area contributed by atoms with Crippen molar-refractivity contribution in [3.63, 3.8) is 0 Å². The molecule has 0 aliphatic heterocycles. The van der Waals surface area contributed by atoms with Gasteiger partial charge in [0.2, 0.25) is 0 Å². The predicted molar refractivity (Wildman–Crippen MR) is 60.0 cm³/mol. The molecule has 2 aromatic heterocycles. The van der Waals surface area contributed by atoms with E-state index in [0.717, 1.165) is 14.2 Å². The summed E-state index contributed by atoms with van der Waals surface area (Å²) in [5.41, 5.74) is 0. The second-order valence-corrected chi connectivity index (χ2v) is 6.05. The van der Waals surface area contributed by atoms with Gasteiger partial charge in [0, 0.05) is 10.3 Å². The van der Waals surface area contributed by atoms with Crippen LogP contribution < -0.4 is 0 Å². The molecule has 15 heavy (non-hydrogen) atoms. The Morgan fingerprint density at radius 3 is 2.87 bits per heavy atom. The van der Waals surface area contributed by atoms with Crippen LogP contribution >= 0.6 is 34.4 Å². The van der Waals surface area contributed by atoms with Gasteiger partial charge in [-0.25, -0.2) is 4.79 Å². The van der Waals surface area contributed by atoms with E-state index in [9.17, 15) is 4.79 Å². The lowest BCUT2D eigenvalue weighted by molar-refractivity contribution is 0.0702. The van der Waals surface area contributed by atoms with Gasteiger partial charge in [-0.05, 0) is 13.0 Å². The van der Waals surface area contributed by atoms with E-state index >= 15 is 0 Å². The number of aromatic nitrogens is 2. The highest BCUT2D eigenvalue weighted by Gasteiger charge is 2.09. The Morgan fingerprint density at radius 2 is 2.33 bits per heavy atom. The highest BCUT2D eigenvalue weighted by atomic mass is 32.2. The van der Waals surface area contributed by atoms with E-state index in [1.54, 1.807) is 6.07 Å². The summed E-state index contributed by atoms with van der Waals surface area (Å²) in [6, 6.07) is 1.65. The first kappa shape index (κ1) is 10.6. The summed E-state index contributed by atoms with van der Waals surface area (Å²) < 4.78 is 0.835. The minimum absolute atomic E-state index is 0.346. The van der Waals surface area contributed by atoms with Crippen LogP contribution in [0.25, 0.3) is 0 Å². The van der Waals surface area contributed by atoms with Gasteiger partial charge in [0.1, 0.15) is 9.88 Å². The number of thiophene rings is 1. The maximum Gasteiger partial charge on any atom is 0.345 e. The van der Waals surface area contributed by atoms with Gasteiger partial charge < -0.3 is 5.11 Å². The maximum absolute atomic E-state index is 10.6. The van der Waals surface area contributed by atoms with Crippen molar-refractivity contribution in [1.29, 1.82) is 0 Å². The fraction of sp³-hybridized carbons (Fsp3) is 0.125. The summed E-state index contributed by atoms with van der Waals surface area (Å²) in [6.45, 7) is 1.89. The molecule has 0 amide bonds. The number of nitrogens with zero attached hydrogens (tertiary/aromatic N) is 2. The second kappa shape index (κ2) is 4.30. The number of hydrogen-bond acceptors (Lipinski definition) is 6. The van der Waals surface area contributed by atoms with Gasteiger partial charge in [0.05, 0.1) is 0 Å². The zero-order valence-corrected chi connectivity index (χ0v) is 10.1. The summed E-state index contributed by atoms with van der Waals surface area (Å²) in [7, 11) is 0. The number of aromatic carboxylic acids is 1. The minimum atomic E-state index is -0.889. The topological polar surface area (TPSA) is 63.1 Å². The molecular weight excluding hydrogens is 252 g/mol. The Morgan fingerprint density at radius 1 is 1.53 bits per heavy atom. The fourth-order valence-electron chi connectivity index (χ4n) is 0.905. The highest BCUT2D eigenvalue weighted by Crippen LogP contribution is 2.32. The molecule has 0 atom stereocenters. The molecule has 0 unspecified atom stereocenters. The molecule has 7 heteroatoms. The minimum Gasteiger partial charge on any atom is -0.477 e. The van der Waals surface area contributed by atoms with Crippen molar-refractivity contribution in [3.8, 4) is 0 Å². The predicted octanol–water partition coefficient (Wildman–Crippen LogP) is 2.76. The highest BCUT2D eigenvalue weighted by molar-refractivity contribution is 8.01. The normalized spacial score (nSPS) is 10.5. The van der Waals surface area contributed by atoms with Crippen molar-refractivity contribution < 1.29 is 9.90 Å². The van der Waals surface area contributed by atoms with Crippen molar-refractivity contribution in [1.82, 2.24) is 10.2 Å². The van der Waals surface area contributed by atoms with Crippen LogP contribution in [-0.4, -0.2) is 21.3 Å². The quantitative estimate of drug-likeness (QED) is 0.917. The zero-order valence-electron chi connectivity index (χ0n) is 7.63. The lowest BCUT2D eigenvalue weighted by atomic mass is 10.5. The van der Waals surface area contributed by atoms with E-state index in [1.807, 2.05) is 12.3 Å². The zero-order chi connectivity index (χ0) is 10.8. The number of carboxylic acid groups (broad SMARTS) is 1. The van der Waals surface area contributed by atoms with Gasteiger partial charge in [-0.15, -0.1) is 21.5 Å². The fourth-order valence-corrected chi connectivity index (χ4v) is 3.62. The Hall–Kier alpha value is -0.920. The maximum atomic E-state index is 10.6. The Bertz CT molecular complexity index is 492. The molecule has 0 aliphatic rings. The number of hydrogen-bond donors (Lipinski definition) is 1. The average Bonchev–Trinajstić information content (AvgIpc) is 2.76. The van der Waals surface area contributed by atoms with E-state index in [0.29, 0.717) is 4.88 Å². The van der Waals surface area contributed by atoms with Crippen molar-refractivity contribution >= 4 is 40.4 Å². The van der Waals surface area contributed by atoms with Crippen LogP contribution in [0.5, 0.6) is 0 Å². The van der Waals surface area contributed by atoms with Crippen molar-refractivity contribution in [2.45, 2.75) is 16.2 Å². The standard InChI is InChI=1S/C8H6N2O2S3/c1-4-9-10-8(14-4)15-5-2-6(7(11)12)13-3-5/h2-3H,1H3,(H,11,12). The van der Waals surface area contributed by atoms with Crippen LogP contribution in [0.15, 0.2) is 20.7 Å². The van der Waals surface area contributed by atoms with Crippen LogP contribution in [0, 0.1) is 6.92 Å². The lowest BCUT2D eigenvalue weighted by Crippen LogP contribution is -1.89. The average molecular weight is 258 g/mol. The molecule has 0 saturated carbocycles. The van der Waals surface area contributed by atoms with Gasteiger partial charge in [-0.2, -0.15) is 0 Å². The molecule has 0 spiro atoms. The van der Waals surface area contributed by atoms with Crippen molar-refractivity contribution in [2.75, 3.05) is 0 Å². The molecular formula is C8H6N2O2S3. The number of carbonyl (C=O) groups is 1. The monoisotopic (exact) mass is 258 g/mol. The summed E-state index contributed by atoms with van der Waals surface area (Å²) in [4.78, 5) is 11.9. The van der Waals surface area contributed by atoms with E-state index in [-0.39, 0.29) is 0 Å². The molecule has 0 aromatic carbocycles. The molecule has 2 rings (SSSR count). The molecule has 0 saturated heterocycles. The number of aryl methyl sites for hydroxylation is 1. The summed E-state index contributed by atoms with van der Waals surface area (Å²) in [6.07, 6.45) is 0. The lowest BCUT2D eigenvalue weighted by Gasteiger charge is -1.88. The smallest absolute Gasteiger partial charge is 0.345 e. The first-order chi connectivity index (χ1) is 7.15. The van der Waals surface area contributed by atoms with Gasteiger partial charge in [-0.1, -0.05) is 23.1 Å². The Labute approximate surface area is 98.0 Å². The molecule has 2 heterocycles. The second-order valence-electron chi connectivity index (χ2n) is 2.64. The first-order valence-corrected chi connectivity index (χ1v) is 6.46. The molecule has 0 aliphatic carbocycles. The Kier molecular flexibility index (Phi) is 3.03. The first-order valence-electron chi connectivity index (χ1n) is 3.95. The van der Waals surface area contributed by atoms with E-state index in [2.05, 4.69) is 10.2 Å². The molecule has 4 nitrogen and oxygen atoms in total. The van der Waals surface area contributed by atoms with Crippen LogP contribution in [0.4, 0.5) is 0 Å². The van der Waals surface area contributed by atoms with Gasteiger partial charge in [-0.3, -0.25) is 0 Å². The van der Waals surface area contributed by atoms with Crippen LogP contribution in [0.2, 0.25) is 0 Å². The van der Waals surface area contributed by atoms with Gasteiger partial charge in [0.15, 0.2) is 4.34 Å². The third-order valence-electron chi connectivity index (χ3n) is 1.50. The van der Waals surface area contributed by atoms with Crippen molar-refractivity contribution in [3.05, 3.63) is 21.3 Å². The number of carboxylic acids is 1. The Balaban J connectivity index is 2.14. The van der Waals surface area contributed by atoms with Gasteiger partial charge >= 0.3 is 5.97 Å². The largest absolute Gasteiger partial charge is 0.477 e. The molecule has 1 N–H and O–H groups in total. The van der Waals surface area contributed by atoms with Gasteiger partial charge in [0.25, 0.3) is 0 Å². The molecule has 2 aromatic rings. The van der Waals surface area contributed by atoms with E-state index < -0.39 is 5.97 Å². The summed E-state index contributed by atoms with van der Waals surface area (Å²) in [5, 5.41) is 19.3. The van der Waals surface area contributed by atoms with Crippen LogP contribution in [0.1, 0.15) is 14.7 Å². The van der Waals surface area contributed by atoms with E-state index in [1.165, 1.54) is 34.4 Å². The van der Waals surface area contributed by atoms with Crippen LogP contribution in [-0.2, 0) is 0 Å². The molecule has 78 valence electrons. The third-order valence-corrected chi connectivity index (χ3v) is 4.43. The summed E-state index contributed by atoms with van der Waals surface area (Å²) >= 11 is 4.16. The van der Waals surface area contributed by atoms with Crippen LogP contribution in [0.3, 0.4) is 0 Å². The molecule has 0 radical (unpaired) electrons. The molecule has 0 bridgehead atoms. The summed E-state index contributed by atoms with van der Waals surface area (Å²) in [5.74, 6) is -0.889. The number of rotatable bonds is 3. The van der Waals surface area contributed by atoms with Crippen molar-refractivity contribution in [2.24, 2.45) is 0 Å². The SMILES string of the molecule is Cc1nnc(Sc2csc(C(=O)O)c2)s1. The molecule has 0 fully saturated rings.